The average Bonchev–Trinajstić information content (AvgIpc) is 2.20. The van der Waals surface area contributed by atoms with Gasteiger partial charge in [-0.15, -0.1) is 0 Å². The molecule has 0 saturated heterocycles. The second-order valence-corrected chi connectivity index (χ2v) is 4.25. The molecule has 4 heteroatoms. The van der Waals surface area contributed by atoms with Crippen LogP contribution in [0.2, 0.25) is 0 Å². The van der Waals surface area contributed by atoms with E-state index in [1.807, 2.05) is 19.3 Å². The first-order chi connectivity index (χ1) is 6.57. The van der Waals surface area contributed by atoms with Gasteiger partial charge in [-0.25, -0.2) is 4.98 Å². The van der Waals surface area contributed by atoms with E-state index in [9.17, 15) is 0 Å². The van der Waals surface area contributed by atoms with Crippen LogP contribution in [0.5, 0.6) is 0 Å². The number of anilines is 1. The maximum atomic E-state index is 5.61. The topological polar surface area (TPSA) is 42.2 Å². The SMILES string of the molecule is Cc1ccnc(N(C)C(C)CN)c1Br. The van der Waals surface area contributed by atoms with Crippen LogP contribution in [0.4, 0.5) is 5.82 Å². The van der Waals surface area contributed by atoms with E-state index in [0.717, 1.165) is 10.3 Å². The van der Waals surface area contributed by atoms with Crippen LogP contribution in [0.3, 0.4) is 0 Å². The lowest BCUT2D eigenvalue weighted by Crippen LogP contribution is -2.36. The molecule has 0 saturated carbocycles. The molecule has 2 N–H and O–H groups in total. The van der Waals surface area contributed by atoms with Gasteiger partial charge in [0.1, 0.15) is 5.82 Å². The van der Waals surface area contributed by atoms with E-state index in [2.05, 4.69) is 39.7 Å². The predicted molar refractivity (Wildman–Crippen MR) is 63.6 cm³/mol. The Balaban J connectivity index is 3.01. The highest BCUT2D eigenvalue weighted by molar-refractivity contribution is 9.10. The number of rotatable bonds is 3. The number of aryl methyl sites for hydroxylation is 1. The lowest BCUT2D eigenvalue weighted by Gasteiger charge is -2.26. The third-order valence-electron chi connectivity index (χ3n) is 2.40. The molecule has 0 radical (unpaired) electrons. The number of nitrogens with two attached hydrogens (primary N) is 1. The smallest absolute Gasteiger partial charge is 0.143 e. The Morgan fingerprint density at radius 3 is 2.86 bits per heavy atom. The van der Waals surface area contributed by atoms with Crippen LogP contribution in [-0.4, -0.2) is 24.6 Å². The lowest BCUT2D eigenvalue weighted by atomic mass is 10.2. The maximum Gasteiger partial charge on any atom is 0.143 e. The van der Waals surface area contributed by atoms with Crippen molar-refractivity contribution in [3.63, 3.8) is 0 Å². The number of halogens is 1. The lowest BCUT2D eigenvalue weighted by molar-refractivity contribution is 0.686. The molecule has 1 aromatic heterocycles. The highest BCUT2D eigenvalue weighted by Gasteiger charge is 2.13. The third kappa shape index (κ3) is 2.25. The largest absolute Gasteiger partial charge is 0.355 e. The molecule has 0 bridgehead atoms. The minimum Gasteiger partial charge on any atom is -0.355 e. The Kier molecular flexibility index (Phi) is 3.89. The zero-order valence-corrected chi connectivity index (χ0v) is 10.4. The van der Waals surface area contributed by atoms with Crippen LogP contribution in [0.25, 0.3) is 0 Å². The number of hydrogen-bond donors (Lipinski definition) is 1. The summed E-state index contributed by atoms with van der Waals surface area (Å²) >= 11 is 3.53. The molecule has 0 spiro atoms. The summed E-state index contributed by atoms with van der Waals surface area (Å²) in [6.07, 6.45) is 1.81. The van der Waals surface area contributed by atoms with Crippen LogP contribution in [-0.2, 0) is 0 Å². The van der Waals surface area contributed by atoms with Gasteiger partial charge in [-0.2, -0.15) is 0 Å². The summed E-state index contributed by atoms with van der Waals surface area (Å²) < 4.78 is 1.04. The van der Waals surface area contributed by atoms with Gasteiger partial charge >= 0.3 is 0 Å². The molecule has 3 nitrogen and oxygen atoms in total. The summed E-state index contributed by atoms with van der Waals surface area (Å²) in [6, 6.07) is 2.27. The van der Waals surface area contributed by atoms with Crippen molar-refractivity contribution in [3.8, 4) is 0 Å². The Hall–Kier alpha value is -0.610. The molecule has 14 heavy (non-hydrogen) atoms. The fraction of sp³-hybridized carbons (Fsp3) is 0.500. The minimum atomic E-state index is 0.292. The Morgan fingerprint density at radius 1 is 1.64 bits per heavy atom. The third-order valence-corrected chi connectivity index (χ3v) is 3.38. The molecule has 0 aliphatic carbocycles. The standard InChI is InChI=1S/C10H16BrN3/c1-7-4-5-13-10(9(7)11)14(3)8(2)6-12/h4-5,8H,6,12H2,1-3H3. The van der Waals surface area contributed by atoms with Crippen molar-refractivity contribution in [1.82, 2.24) is 4.98 Å². The van der Waals surface area contributed by atoms with Crippen molar-refractivity contribution < 1.29 is 0 Å². The molecule has 1 heterocycles. The van der Waals surface area contributed by atoms with Gasteiger partial charge in [0.05, 0.1) is 4.47 Å². The molecule has 0 aliphatic heterocycles. The predicted octanol–water partition coefficient (Wildman–Crippen LogP) is 1.94. The Morgan fingerprint density at radius 2 is 2.29 bits per heavy atom. The maximum absolute atomic E-state index is 5.61. The van der Waals surface area contributed by atoms with Crippen LogP contribution in [0.15, 0.2) is 16.7 Å². The second-order valence-electron chi connectivity index (χ2n) is 3.46. The van der Waals surface area contributed by atoms with Crippen molar-refractivity contribution in [2.75, 3.05) is 18.5 Å². The van der Waals surface area contributed by atoms with E-state index < -0.39 is 0 Å². The van der Waals surface area contributed by atoms with E-state index in [4.69, 9.17) is 5.73 Å². The quantitative estimate of drug-likeness (QED) is 0.900. The normalized spacial score (nSPS) is 12.6. The van der Waals surface area contributed by atoms with E-state index in [1.165, 1.54) is 5.56 Å². The molecule has 0 aliphatic rings. The molecule has 0 amide bonds. The Labute approximate surface area is 93.4 Å². The molecule has 0 fully saturated rings. The van der Waals surface area contributed by atoms with Gasteiger partial charge in [-0.05, 0) is 41.4 Å². The van der Waals surface area contributed by atoms with Crippen molar-refractivity contribution >= 4 is 21.7 Å². The van der Waals surface area contributed by atoms with E-state index in [0.29, 0.717) is 12.6 Å². The van der Waals surface area contributed by atoms with Crippen LogP contribution < -0.4 is 10.6 Å². The highest BCUT2D eigenvalue weighted by Crippen LogP contribution is 2.26. The summed E-state index contributed by atoms with van der Waals surface area (Å²) in [7, 11) is 2.00. The zero-order chi connectivity index (χ0) is 10.7. The molecule has 1 aromatic rings. The van der Waals surface area contributed by atoms with E-state index in [-0.39, 0.29) is 0 Å². The zero-order valence-electron chi connectivity index (χ0n) is 8.79. The van der Waals surface area contributed by atoms with Gasteiger partial charge in [0, 0.05) is 25.8 Å². The summed E-state index contributed by atoms with van der Waals surface area (Å²) in [6.45, 7) is 4.76. The summed E-state index contributed by atoms with van der Waals surface area (Å²) in [5, 5.41) is 0. The fourth-order valence-corrected chi connectivity index (χ4v) is 1.65. The van der Waals surface area contributed by atoms with Crippen LogP contribution in [0, 0.1) is 6.92 Å². The number of likely N-dealkylation sites (N-methyl/N-ethyl adjacent to an activating group) is 1. The van der Waals surface area contributed by atoms with E-state index >= 15 is 0 Å². The van der Waals surface area contributed by atoms with Gasteiger partial charge < -0.3 is 10.6 Å². The first kappa shape index (κ1) is 11.5. The fourth-order valence-electron chi connectivity index (χ4n) is 1.14. The first-order valence-electron chi connectivity index (χ1n) is 4.62. The Bertz CT molecular complexity index is 314. The molecule has 1 rings (SSSR count). The van der Waals surface area contributed by atoms with Crippen LogP contribution in [0.1, 0.15) is 12.5 Å². The van der Waals surface area contributed by atoms with Gasteiger partial charge in [0.2, 0.25) is 0 Å². The second kappa shape index (κ2) is 4.75. The van der Waals surface area contributed by atoms with Crippen molar-refractivity contribution in [3.05, 3.63) is 22.3 Å². The van der Waals surface area contributed by atoms with Crippen LogP contribution >= 0.6 is 15.9 Å². The number of nitrogens with zero attached hydrogens (tertiary/aromatic N) is 2. The van der Waals surface area contributed by atoms with E-state index in [1.54, 1.807) is 0 Å². The molecule has 1 unspecified atom stereocenters. The van der Waals surface area contributed by atoms with Gasteiger partial charge in [0.15, 0.2) is 0 Å². The number of aromatic nitrogens is 1. The van der Waals surface area contributed by atoms with Gasteiger partial charge in [-0.3, -0.25) is 0 Å². The number of hydrogen-bond acceptors (Lipinski definition) is 3. The molecular weight excluding hydrogens is 242 g/mol. The van der Waals surface area contributed by atoms with Crippen molar-refractivity contribution in [1.29, 1.82) is 0 Å². The summed E-state index contributed by atoms with van der Waals surface area (Å²) in [5.41, 5.74) is 6.80. The van der Waals surface area contributed by atoms with Crippen molar-refractivity contribution in [2.24, 2.45) is 5.73 Å². The van der Waals surface area contributed by atoms with Gasteiger partial charge in [-0.1, -0.05) is 0 Å². The highest BCUT2D eigenvalue weighted by atomic mass is 79.9. The van der Waals surface area contributed by atoms with Gasteiger partial charge in [0.25, 0.3) is 0 Å². The number of pyridine rings is 1. The molecule has 1 atom stereocenters. The molecule has 78 valence electrons. The molecule has 0 aromatic carbocycles. The summed E-state index contributed by atoms with van der Waals surface area (Å²) in [4.78, 5) is 6.41. The monoisotopic (exact) mass is 257 g/mol. The minimum absolute atomic E-state index is 0.292. The molecular formula is C10H16BrN3. The first-order valence-corrected chi connectivity index (χ1v) is 5.41. The summed E-state index contributed by atoms with van der Waals surface area (Å²) in [5.74, 6) is 0.947. The average molecular weight is 258 g/mol. The van der Waals surface area contributed by atoms with Crippen molar-refractivity contribution in [2.45, 2.75) is 19.9 Å².